The lowest BCUT2D eigenvalue weighted by Gasteiger charge is -2.07. The number of anilines is 1. The summed E-state index contributed by atoms with van der Waals surface area (Å²) in [5.41, 5.74) is 9.89. The number of fused-ring (bicyclic) bond motifs is 3. The maximum atomic E-state index is 5.85. The van der Waals surface area contributed by atoms with Crippen LogP contribution in [0.4, 0.5) is 5.82 Å². The lowest BCUT2D eigenvalue weighted by Crippen LogP contribution is -2.00. The zero-order valence-corrected chi connectivity index (χ0v) is 7.47. The fourth-order valence-corrected chi connectivity index (χ4v) is 2.36. The molecule has 0 aromatic carbocycles. The molecule has 1 aliphatic carbocycles. The molecule has 13 heavy (non-hydrogen) atoms. The first kappa shape index (κ1) is 7.18. The molecule has 0 radical (unpaired) electrons. The molecule has 0 amide bonds. The van der Waals surface area contributed by atoms with Gasteiger partial charge in [-0.3, -0.25) is 0 Å². The van der Waals surface area contributed by atoms with Gasteiger partial charge in [0.15, 0.2) is 0 Å². The van der Waals surface area contributed by atoms with Crippen molar-refractivity contribution in [3.8, 4) is 5.88 Å². The lowest BCUT2D eigenvalue weighted by molar-refractivity contribution is 0.345. The molecule has 0 bridgehead atoms. The average Bonchev–Trinajstić information content (AvgIpc) is 2.66. The Morgan fingerprint density at radius 1 is 1.08 bits per heavy atom. The molecule has 0 saturated heterocycles. The predicted molar refractivity (Wildman–Crippen MR) is 49.9 cm³/mol. The van der Waals surface area contributed by atoms with Crippen LogP contribution in [0.1, 0.15) is 23.1 Å². The van der Waals surface area contributed by atoms with Crippen LogP contribution < -0.4 is 10.5 Å². The molecule has 0 fully saturated rings. The zero-order valence-electron chi connectivity index (χ0n) is 7.47. The van der Waals surface area contributed by atoms with Crippen LogP contribution in [0, 0.1) is 0 Å². The van der Waals surface area contributed by atoms with Crippen molar-refractivity contribution in [2.45, 2.75) is 25.7 Å². The van der Waals surface area contributed by atoms with Gasteiger partial charge in [-0.25, -0.2) is 0 Å². The third-order valence-electron chi connectivity index (χ3n) is 2.96. The fourth-order valence-electron chi connectivity index (χ4n) is 2.36. The molecule has 3 rings (SSSR count). The number of rotatable bonds is 0. The third kappa shape index (κ3) is 0.870. The molecule has 68 valence electrons. The van der Waals surface area contributed by atoms with Crippen molar-refractivity contribution in [3.63, 3.8) is 0 Å². The highest BCUT2D eigenvalue weighted by molar-refractivity contribution is 5.55. The summed E-state index contributed by atoms with van der Waals surface area (Å²) in [5.74, 6) is 1.48. The maximum Gasteiger partial charge on any atom is 0.218 e. The summed E-state index contributed by atoms with van der Waals surface area (Å²) in [7, 11) is 0. The van der Waals surface area contributed by atoms with Crippen molar-refractivity contribution in [1.29, 1.82) is 0 Å². The summed E-state index contributed by atoms with van der Waals surface area (Å²) in [6, 6.07) is 0. The number of ether oxygens (including phenoxy) is 1. The van der Waals surface area contributed by atoms with E-state index in [1.54, 1.807) is 0 Å². The van der Waals surface area contributed by atoms with Gasteiger partial charge in [-0.2, -0.15) is 4.98 Å². The van der Waals surface area contributed by atoms with Crippen LogP contribution in [0.15, 0.2) is 0 Å². The van der Waals surface area contributed by atoms with Crippen molar-refractivity contribution in [2.24, 2.45) is 0 Å². The Balaban J connectivity index is 2.28. The highest BCUT2D eigenvalue weighted by Gasteiger charge is 2.25. The van der Waals surface area contributed by atoms with Crippen LogP contribution in [-0.4, -0.2) is 11.6 Å². The van der Waals surface area contributed by atoms with Crippen LogP contribution >= 0.6 is 0 Å². The Morgan fingerprint density at radius 3 is 2.85 bits per heavy atom. The monoisotopic (exact) mass is 176 g/mol. The molecule has 2 aliphatic rings. The normalized spacial score (nSPS) is 18.2. The first-order valence-electron chi connectivity index (χ1n) is 4.79. The SMILES string of the molecule is Nc1nc2c(c3c1CCC3)CCO2. The summed E-state index contributed by atoms with van der Waals surface area (Å²) < 4.78 is 5.41. The molecule has 3 heteroatoms. The number of nitrogen functional groups attached to an aromatic ring is 1. The van der Waals surface area contributed by atoms with Gasteiger partial charge >= 0.3 is 0 Å². The van der Waals surface area contributed by atoms with Crippen molar-refractivity contribution in [1.82, 2.24) is 4.98 Å². The van der Waals surface area contributed by atoms with Gasteiger partial charge in [-0.1, -0.05) is 0 Å². The van der Waals surface area contributed by atoms with Gasteiger partial charge in [-0.05, 0) is 30.4 Å². The van der Waals surface area contributed by atoms with Crippen LogP contribution in [0.2, 0.25) is 0 Å². The number of nitrogens with zero attached hydrogens (tertiary/aromatic N) is 1. The molecule has 0 unspecified atom stereocenters. The van der Waals surface area contributed by atoms with Crippen molar-refractivity contribution in [2.75, 3.05) is 12.3 Å². The second-order valence-corrected chi connectivity index (χ2v) is 3.69. The first-order chi connectivity index (χ1) is 6.36. The molecule has 3 nitrogen and oxygen atoms in total. The molecule has 0 saturated carbocycles. The highest BCUT2D eigenvalue weighted by Crippen LogP contribution is 2.36. The van der Waals surface area contributed by atoms with E-state index in [1.807, 2.05) is 0 Å². The standard InChI is InChI=1S/C10H12N2O/c11-9-7-3-1-2-6(7)8-4-5-13-10(8)12-9/h1-5H2,(H2,11,12). The summed E-state index contributed by atoms with van der Waals surface area (Å²) in [5, 5.41) is 0. The van der Waals surface area contributed by atoms with E-state index in [0.29, 0.717) is 5.82 Å². The molecular formula is C10H12N2O. The summed E-state index contributed by atoms with van der Waals surface area (Å²) in [6.07, 6.45) is 4.50. The van der Waals surface area contributed by atoms with Crippen LogP contribution in [-0.2, 0) is 19.3 Å². The molecule has 2 N–H and O–H groups in total. The van der Waals surface area contributed by atoms with E-state index < -0.39 is 0 Å². The van der Waals surface area contributed by atoms with E-state index in [0.717, 1.165) is 31.7 Å². The molecule has 2 heterocycles. The van der Waals surface area contributed by atoms with Crippen LogP contribution in [0.3, 0.4) is 0 Å². The quantitative estimate of drug-likeness (QED) is 0.643. The minimum Gasteiger partial charge on any atom is -0.477 e. The Morgan fingerprint density at radius 2 is 1.92 bits per heavy atom. The molecule has 0 atom stereocenters. The molecule has 1 aromatic rings. The van der Waals surface area contributed by atoms with E-state index in [2.05, 4.69) is 4.98 Å². The number of pyridine rings is 1. The second kappa shape index (κ2) is 2.37. The Bertz CT molecular complexity index is 374. The highest BCUT2D eigenvalue weighted by atomic mass is 16.5. The Kier molecular flexibility index (Phi) is 1.31. The van der Waals surface area contributed by atoms with E-state index in [-0.39, 0.29) is 0 Å². The lowest BCUT2D eigenvalue weighted by atomic mass is 10.0. The van der Waals surface area contributed by atoms with Crippen molar-refractivity contribution >= 4 is 5.82 Å². The maximum absolute atomic E-state index is 5.85. The minimum absolute atomic E-state index is 0.688. The van der Waals surface area contributed by atoms with Gasteiger partial charge in [0.2, 0.25) is 5.88 Å². The summed E-state index contributed by atoms with van der Waals surface area (Å²) in [4.78, 5) is 4.28. The molecule has 1 aliphatic heterocycles. The smallest absolute Gasteiger partial charge is 0.218 e. The number of hydrogen-bond acceptors (Lipinski definition) is 3. The van der Waals surface area contributed by atoms with Gasteiger partial charge < -0.3 is 10.5 Å². The van der Waals surface area contributed by atoms with Gasteiger partial charge in [-0.15, -0.1) is 0 Å². The average molecular weight is 176 g/mol. The van der Waals surface area contributed by atoms with E-state index in [4.69, 9.17) is 10.5 Å². The van der Waals surface area contributed by atoms with Crippen LogP contribution in [0.25, 0.3) is 0 Å². The number of aromatic nitrogens is 1. The summed E-state index contributed by atoms with van der Waals surface area (Å²) in [6.45, 7) is 0.776. The first-order valence-corrected chi connectivity index (χ1v) is 4.79. The van der Waals surface area contributed by atoms with Gasteiger partial charge in [0.1, 0.15) is 5.82 Å². The third-order valence-corrected chi connectivity index (χ3v) is 2.96. The van der Waals surface area contributed by atoms with Gasteiger partial charge in [0.05, 0.1) is 6.61 Å². The number of hydrogen-bond donors (Lipinski definition) is 1. The Labute approximate surface area is 76.9 Å². The molecule has 1 aromatic heterocycles. The fraction of sp³-hybridized carbons (Fsp3) is 0.500. The zero-order chi connectivity index (χ0) is 8.84. The largest absolute Gasteiger partial charge is 0.477 e. The van der Waals surface area contributed by atoms with E-state index >= 15 is 0 Å². The topological polar surface area (TPSA) is 48.1 Å². The number of nitrogens with two attached hydrogens (primary N) is 1. The predicted octanol–water partition coefficient (Wildman–Crippen LogP) is 1.09. The minimum atomic E-state index is 0.688. The van der Waals surface area contributed by atoms with Crippen molar-refractivity contribution in [3.05, 3.63) is 16.7 Å². The van der Waals surface area contributed by atoms with E-state index in [1.165, 1.54) is 23.1 Å². The molecule has 0 spiro atoms. The Hall–Kier alpha value is -1.25. The van der Waals surface area contributed by atoms with Crippen LogP contribution in [0.5, 0.6) is 5.88 Å². The molecular weight excluding hydrogens is 164 g/mol. The second-order valence-electron chi connectivity index (χ2n) is 3.69. The van der Waals surface area contributed by atoms with Crippen molar-refractivity contribution < 1.29 is 4.74 Å². The van der Waals surface area contributed by atoms with Gasteiger partial charge in [0, 0.05) is 12.0 Å². The summed E-state index contributed by atoms with van der Waals surface area (Å²) >= 11 is 0. The van der Waals surface area contributed by atoms with Gasteiger partial charge in [0.25, 0.3) is 0 Å². The van der Waals surface area contributed by atoms with E-state index in [9.17, 15) is 0 Å².